The van der Waals surface area contributed by atoms with Crippen LogP contribution in [-0.4, -0.2) is 34.6 Å². The van der Waals surface area contributed by atoms with Crippen LogP contribution in [0.4, 0.5) is 13.2 Å². The lowest BCUT2D eigenvalue weighted by atomic mass is 10.2. The number of aromatic hydroxyl groups is 1. The van der Waals surface area contributed by atoms with Gasteiger partial charge >= 0.3 is 6.18 Å². The van der Waals surface area contributed by atoms with Crippen LogP contribution in [0.3, 0.4) is 0 Å². The number of furan rings is 1. The highest BCUT2D eigenvalue weighted by Gasteiger charge is 2.51. The Morgan fingerprint density at radius 2 is 1.94 bits per heavy atom. The smallest absolute Gasteiger partial charge is 0.420 e. The number of rotatable bonds is 8. The summed E-state index contributed by atoms with van der Waals surface area (Å²) in [6.45, 7) is 0.0261. The Kier molecular flexibility index (Phi) is 6.29. The minimum Gasteiger partial charge on any atom is -0.508 e. The van der Waals surface area contributed by atoms with Gasteiger partial charge in [0.05, 0.1) is 25.5 Å². The molecule has 0 bridgehead atoms. The van der Waals surface area contributed by atoms with Gasteiger partial charge in [0.1, 0.15) is 28.4 Å². The van der Waals surface area contributed by atoms with Crippen LogP contribution in [0.25, 0.3) is 0 Å². The van der Waals surface area contributed by atoms with Gasteiger partial charge in [0.2, 0.25) is 5.91 Å². The first kappa shape index (κ1) is 23.9. The number of aromatic nitrogens is 1. The summed E-state index contributed by atoms with van der Waals surface area (Å²) >= 11 is 0. The number of carbonyl (C=O) groups is 2. The minimum absolute atomic E-state index is 0.0143. The molecule has 1 aliphatic carbocycles. The number of nitrogens with zero attached hydrogens (tertiary/aromatic N) is 1. The molecule has 4 rings (SSSR count). The number of phenolic OH excluding ortho intramolecular Hbond substituents is 1. The fourth-order valence-corrected chi connectivity index (χ4v) is 3.24. The Balaban J connectivity index is 1.34. The van der Waals surface area contributed by atoms with Crippen molar-refractivity contribution in [3.05, 3.63) is 65.7 Å². The summed E-state index contributed by atoms with van der Waals surface area (Å²) in [5.41, 5.74) is -1.75. The number of phenols is 1. The van der Waals surface area contributed by atoms with E-state index in [0.717, 1.165) is 12.1 Å². The maximum atomic E-state index is 13.2. The number of amides is 2. The molecule has 0 aliphatic heterocycles. The van der Waals surface area contributed by atoms with E-state index in [2.05, 4.69) is 15.6 Å². The molecule has 2 heterocycles. The highest BCUT2D eigenvalue weighted by atomic mass is 19.4. The number of carbonyl (C=O) groups excluding carboxylic acids is 2. The predicted octanol–water partition coefficient (Wildman–Crippen LogP) is 3.78. The molecule has 3 aromatic rings. The quantitative estimate of drug-likeness (QED) is 0.438. The maximum Gasteiger partial charge on any atom is 0.420 e. The molecule has 1 aromatic carbocycles. The van der Waals surface area contributed by atoms with Gasteiger partial charge in [-0.05, 0) is 49.2 Å². The van der Waals surface area contributed by atoms with Gasteiger partial charge in [0.25, 0.3) is 11.9 Å². The van der Waals surface area contributed by atoms with Crippen LogP contribution in [0.5, 0.6) is 23.2 Å². The average molecular weight is 491 g/mol. The number of methoxy groups -OCH3 is 1. The minimum atomic E-state index is -4.72. The van der Waals surface area contributed by atoms with Crippen LogP contribution in [0, 0.1) is 0 Å². The van der Waals surface area contributed by atoms with E-state index >= 15 is 0 Å². The first-order chi connectivity index (χ1) is 16.6. The Morgan fingerprint density at radius 1 is 1.17 bits per heavy atom. The van der Waals surface area contributed by atoms with E-state index in [9.17, 15) is 27.9 Å². The largest absolute Gasteiger partial charge is 0.508 e. The number of hydrogen-bond acceptors (Lipinski definition) is 7. The summed E-state index contributed by atoms with van der Waals surface area (Å²) < 4.78 is 54.9. The van der Waals surface area contributed by atoms with Gasteiger partial charge in [-0.15, -0.1) is 0 Å². The monoisotopic (exact) mass is 491 g/mol. The van der Waals surface area contributed by atoms with Crippen LogP contribution in [-0.2, 0) is 17.5 Å². The SMILES string of the molecule is COc1ccc(C(=O)NC2(C(=O)NCc3ccc(Oc4ccc(O)cc4C(F)(F)F)cn3)CC2)o1. The molecule has 35 heavy (non-hydrogen) atoms. The van der Waals surface area contributed by atoms with Gasteiger partial charge in [-0.2, -0.15) is 13.2 Å². The highest BCUT2D eigenvalue weighted by molar-refractivity contribution is 5.99. The number of nitrogens with one attached hydrogen (secondary N) is 2. The Bertz CT molecular complexity index is 1240. The summed E-state index contributed by atoms with van der Waals surface area (Å²) in [5, 5.41) is 14.7. The molecule has 0 spiro atoms. The van der Waals surface area contributed by atoms with Crippen molar-refractivity contribution in [2.75, 3.05) is 7.11 Å². The van der Waals surface area contributed by atoms with Gasteiger partial charge < -0.3 is 29.6 Å². The van der Waals surface area contributed by atoms with E-state index in [-0.39, 0.29) is 24.0 Å². The molecule has 0 saturated heterocycles. The summed E-state index contributed by atoms with van der Waals surface area (Å²) in [6.07, 6.45) is -2.59. The third kappa shape index (κ3) is 5.48. The zero-order chi connectivity index (χ0) is 25.2. The predicted molar refractivity (Wildman–Crippen MR) is 114 cm³/mol. The van der Waals surface area contributed by atoms with Crippen molar-refractivity contribution < 1.29 is 41.8 Å². The van der Waals surface area contributed by atoms with Crippen LogP contribution >= 0.6 is 0 Å². The Labute approximate surface area is 196 Å². The number of halogens is 3. The third-order valence-electron chi connectivity index (χ3n) is 5.27. The molecule has 0 atom stereocenters. The molecule has 3 N–H and O–H groups in total. The van der Waals surface area contributed by atoms with Crippen molar-refractivity contribution >= 4 is 11.8 Å². The second kappa shape index (κ2) is 9.20. The van der Waals surface area contributed by atoms with Gasteiger partial charge in [0.15, 0.2) is 5.76 Å². The zero-order valence-electron chi connectivity index (χ0n) is 18.3. The summed E-state index contributed by atoms with van der Waals surface area (Å²) in [6, 6.07) is 8.47. The molecule has 0 radical (unpaired) electrons. The average Bonchev–Trinajstić information content (AvgIpc) is 3.44. The van der Waals surface area contributed by atoms with Gasteiger partial charge in [-0.1, -0.05) is 0 Å². The fraction of sp³-hybridized carbons (Fsp3) is 0.261. The molecule has 9 nitrogen and oxygen atoms in total. The van der Waals surface area contributed by atoms with Crippen molar-refractivity contribution in [2.45, 2.75) is 31.1 Å². The van der Waals surface area contributed by atoms with Crippen LogP contribution in [0.1, 0.15) is 34.7 Å². The Hall–Kier alpha value is -4.22. The van der Waals surface area contributed by atoms with Gasteiger partial charge in [-0.3, -0.25) is 14.6 Å². The second-order valence-electron chi connectivity index (χ2n) is 7.81. The van der Waals surface area contributed by atoms with Crippen LogP contribution in [0.15, 0.2) is 53.1 Å². The van der Waals surface area contributed by atoms with Gasteiger partial charge in [0, 0.05) is 6.07 Å². The van der Waals surface area contributed by atoms with Crippen molar-refractivity contribution in [1.82, 2.24) is 15.6 Å². The van der Waals surface area contributed by atoms with Crippen molar-refractivity contribution in [3.63, 3.8) is 0 Å². The number of pyridine rings is 1. The van der Waals surface area contributed by atoms with E-state index in [1.165, 1.54) is 37.6 Å². The number of hydrogen-bond donors (Lipinski definition) is 3. The highest BCUT2D eigenvalue weighted by Crippen LogP contribution is 2.40. The van der Waals surface area contributed by atoms with Crippen LogP contribution in [0.2, 0.25) is 0 Å². The van der Waals surface area contributed by atoms with E-state index in [4.69, 9.17) is 13.9 Å². The lowest BCUT2D eigenvalue weighted by Crippen LogP contribution is -2.48. The molecule has 1 aliphatic rings. The Morgan fingerprint density at radius 3 is 2.54 bits per heavy atom. The molecule has 12 heteroatoms. The molecule has 2 aromatic heterocycles. The summed E-state index contributed by atoms with van der Waals surface area (Å²) in [5.74, 6) is -1.75. The maximum absolute atomic E-state index is 13.2. The summed E-state index contributed by atoms with van der Waals surface area (Å²) in [4.78, 5) is 29.1. The lowest BCUT2D eigenvalue weighted by molar-refractivity contribution is -0.138. The second-order valence-corrected chi connectivity index (χ2v) is 7.81. The summed E-state index contributed by atoms with van der Waals surface area (Å²) in [7, 11) is 1.40. The number of benzene rings is 1. The van der Waals surface area contributed by atoms with Crippen LogP contribution < -0.4 is 20.1 Å². The van der Waals surface area contributed by atoms with E-state index < -0.39 is 40.6 Å². The lowest BCUT2D eigenvalue weighted by Gasteiger charge is -2.16. The van der Waals surface area contributed by atoms with Crippen molar-refractivity contribution in [1.29, 1.82) is 0 Å². The fourth-order valence-electron chi connectivity index (χ4n) is 3.24. The van der Waals surface area contributed by atoms with E-state index in [1.54, 1.807) is 0 Å². The normalized spacial score (nSPS) is 14.2. The molecule has 2 amide bonds. The molecule has 0 unspecified atom stereocenters. The van der Waals surface area contributed by atoms with E-state index in [0.29, 0.717) is 24.6 Å². The van der Waals surface area contributed by atoms with Gasteiger partial charge in [-0.25, -0.2) is 0 Å². The molecular weight excluding hydrogens is 471 g/mol. The molecule has 1 saturated carbocycles. The standard InChI is InChI=1S/C23H20F3N3O6/c1-33-19-7-6-18(35-19)20(31)29-22(8-9-22)21(32)28-11-13-2-4-15(12-27-13)34-17-5-3-14(30)10-16(17)23(24,25)26/h2-7,10,12,30H,8-9,11H2,1H3,(H,28,32)(H,29,31). The van der Waals surface area contributed by atoms with Crippen molar-refractivity contribution in [3.8, 4) is 23.2 Å². The zero-order valence-corrected chi connectivity index (χ0v) is 18.3. The van der Waals surface area contributed by atoms with E-state index in [1.807, 2.05) is 0 Å². The topological polar surface area (TPSA) is 123 Å². The molecular formula is C23H20F3N3O6. The van der Waals surface area contributed by atoms with Crippen molar-refractivity contribution in [2.24, 2.45) is 0 Å². The number of ether oxygens (including phenoxy) is 2. The third-order valence-corrected chi connectivity index (χ3v) is 5.27. The first-order valence-corrected chi connectivity index (χ1v) is 10.4. The molecule has 184 valence electrons. The molecule has 1 fully saturated rings. The number of alkyl halides is 3. The first-order valence-electron chi connectivity index (χ1n) is 10.4.